The molecule has 1 aliphatic carbocycles. The van der Waals surface area contributed by atoms with E-state index in [4.69, 9.17) is 4.74 Å². The Bertz CT molecular complexity index is 1250. The summed E-state index contributed by atoms with van der Waals surface area (Å²) < 4.78 is 6.35. The Morgan fingerprint density at radius 1 is 0.976 bits per heavy atom. The van der Waals surface area contributed by atoms with E-state index in [0.717, 1.165) is 5.56 Å². The number of hydrogen-bond donors (Lipinski definition) is 4. The van der Waals surface area contributed by atoms with E-state index < -0.39 is 34.8 Å². The van der Waals surface area contributed by atoms with Crippen LogP contribution in [0.15, 0.2) is 54.6 Å². The molecule has 1 aromatic carbocycles. The van der Waals surface area contributed by atoms with E-state index >= 15 is 0 Å². The largest absolute Gasteiger partial charge is 0.365 e. The molecule has 9 nitrogen and oxygen atoms in total. The number of ether oxygens (including phenoxy) is 1. The van der Waals surface area contributed by atoms with E-state index in [2.05, 4.69) is 35.1 Å². The Morgan fingerprint density at radius 3 is 2.44 bits per heavy atom. The van der Waals surface area contributed by atoms with Gasteiger partial charge in [0.2, 0.25) is 23.6 Å². The number of benzene rings is 1. The molecular weight excluding hydrogens is 520 g/mol. The quantitative estimate of drug-likeness (QED) is 0.254. The number of nitrogens with one attached hydrogen (secondary N) is 4. The third-order valence-corrected chi connectivity index (χ3v) is 9.46. The molecule has 0 radical (unpaired) electrons. The number of carbonyl (C=O) groups excluding carboxylic acids is 4. The van der Waals surface area contributed by atoms with E-state index in [-0.39, 0.29) is 48.3 Å². The lowest BCUT2D eigenvalue weighted by Crippen LogP contribution is -2.63. The first-order valence-electron chi connectivity index (χ1n) is 14.8. The lowest BCUT2D eigenvalue weighted by molar-refractivity contribution is -0.151. The topological polar surface area (TPSA) is 129 Å². The molecule has 4 N–H and O–H groups in total. The standard InChI is InChI=1S/C32H42N4O5/c1-19(2)16-24-28(38)34-18-25(37)33-15-11-6-5-10-14-22-27-31(4,41-27)20(3)26-23(17-21-12-8-7-9-13-21)35-29(39)32(22,26)30(40)36-24/h6-14,19-20,22-24,26-27H,5,15-18H2,1-4H3,(H,33,37)(H,34,38)(H,35,39)(H,36,40)/b11-6-,14-10+/t20-,22?,23-,24-,26?,27-,31+,32+/m0/s1. The second-order valence-electron chi connectivity index (χ2n) is 12.5. The molecule has 8 atom stereocenters. The van der Waals surface area contributed by atoms with Gasteiger partial charge in [-0.3, -0.25) is 19.2 Å². The maximum absolute atomic E-state index is 14.6. The van der Waals surface area contributed by atoms with E-state index in [0.29, 0.717) is 25.8 Å². The Labute approximate surface area is 241 Å². The molecular formula is C32H42N4O5. The fourth-order valence-electron chi connectivity index (χ4n) is 7.29. The number of epoxide rings is 1. The molecule has 2 unspecified atom stereocenters. The van der Waals surface area contributed by atoms with Crippen molar-refractivity contribution in [2.24, 2.45) is 29.1 Å². The van der Waals surface area contributed by atoms with Gasteiger partial charge in [-0.25, -0.2) is 0 Å². The first-order chi connectivity index (χ1) is 19.6. The van der Waals surface area contributed by atoms with Crippen LogP contribution >= 0.6 is 0 Å². The summed E-state index contributed by atoms with van der Waals surface area (Å²) in [6.45, 7) is 8.24. The van der Waals surface area contributed by atoms with Gasteiger partial charge in [0.25, 0.3) is 0 Å². The monoisotopic (exact) mass is 562 g/mol. The van der Waals surface area contributed by atoms with Gasteiger partial charge in [0.1, 0.15) is 11.5 Å². The third-order valence-electron chi connectivity index (χ3n) is 9.46. The van der Waals surface area contributed by atoms with Crippen LogP contribution < -0.4 is 21.3 Å². The van der Waals surface area contributed by atoms with Crippen molar-refractivity contribution in [3.63, 3.8) is 0 Å². The first kappa shape index (κ1) is 29.0. The summed E-state index contributed by atoms with van der Waals surface area (Å²) in [5.41, 5.74) is -0.837. The maximum atomic E-state index is 14.6. The van der Waals surface area contributed by atoms with Gasteiger partial charge in [0.15, 0.2) is 0 Å². The summed E-state index contributed by atoms with van der Waals surface area (Å²) >= 11 is 0. The van der Waals surface area contributed by atoms with Crippen LogP contribution in [0.4, 0.5) is 0 Å². The van der Waals surface area contributed by atoms with Crippen LogP contribution in [0.2, 0.25) is 0 Å². The van der Waals surface area contributed by atoms with Gasteiger partial charge in [-0.15, -0.1) is 0 Å². The molecule has 4 aliphatic rings. The van der Waals surface area contributed by atoms with Gasteiger partial charge >= 0.3 is 0 Å². The molecule has 5 rings (SSSR count). The normalized spacial score (nSPS) is 38.9. The molecule has 9 heteroatoms. The molecule has 3 heterocycles. The molecule has 3 fully saturated rings. The minimum absolute atomic E-state index is 0.0863. The molecule has 0 aromatic heterocycles. The Balaban J connectivity index is 1.58. The Hall–Kier alpha value is -3.46. The van der Waals surface area contributed by atoms with Crippen LogP contribution in [0.3, 0.4) is 0 Å². The van der Waals surface area contributed by atoms with Crippen LogP contribution in [0.1, 0.15) is 46.1 Å². The lowest BCUT2D eigenvalue weighted by Gasteiger charge is -2.46. The number of amides is 4. The SMILES string of the molecule is CC(C)C[C@@H]1NC(=O)[C@@]23C(=O)N[C@@H](Cc4ccccc4)C2[C@H](C)[C@@]2(C)O[C@H]2C3/C=C/C/C=C\CNC(=O)CNC1=O. The predicted octanol–water partition coefficient (Wildman–Crippen LogP) is 2.03. The highest BCUT2D eigenvalue weighted by Gasteiger charge is 2.78. The number of allylic oxidation sites excluding steroid dienone is 2. The van der Waals surface area contributed by atoms with Gasteiger partial charge in [0, 0.05) is 24.4 Å². The number of hydrogen-bond acceptors (Lipinski definition) is 5. The predicted molar refractivity (Wildman–Crippen MR) is 154 cm³/mol. The Morgan fingerprint density at radius 2 is 1.71 bits per heavy atom. The van der Waals surface area contributed by atoms with E-state index in [9.17, 15) is 19.2 Å². The number of fused-ring (bicyclic) bond motifs is 2. The molecule has 3 aliphatic heterocycles. The van der Waals surface area contributed by atoms with Gasteiger partial charge in [-0.2, -0.15) is 0 Å². The Kier molecular flexibility index (Phi) is 8.10. The second kappa shape index (κ2) is 11.4. The van der Waals surface area contributed by atoms with Crippen LogP contribution in [0, 0.1) is 29.1 Å². The van der Waals surface area contributed by atoms with Crippen molar-refractivity contribution >= 4 is 23.6 Å². The highest BCUT2D eigenvalue weighted by atomic mass is 16.6. The molecule has 0 bridgehead atoms. The first-order valence-corrected chi connectivity index (χ1v) is 14.8. The van der Waals surface area contributed by atoms with Crippen molar-refractivity contribution < 1.29 is 23.9 Å². The summed E-state index contributed by atoms with van der Waals surface area (Å²) in [7, 11) is 0. The maximum Gasteiger partial charge on any atom is 0.243 e. The smallest absolute Gasteiger partial charge is 0.243 e. The second-order valence-corrected chi connectivity index (χ2v) is 12.5. The van der Waals surface area contributed by atoms with Crippen molar-refractivity contribution in [1.29, 1.82) is 0 Å². The molecule has 4 amide bonds. The fourth-order valence-corrected chi connectivity index (χ4v) is 7.29. The summed E-state index contributed by atoms with van der Waals surface area (Å²) in [4.78, 5) is 54.4. The van der Waals surface area contributed by atoms with Crippen LogP contribution in [0.5, 0.6) is 0 Å². The van der Waals surface area contributed by atoms with E-state index in [1.807, 2.05) is 68.5 Å². The van der Waals surface area contributed by atoms with Gasteiger partial charge < -0.3 is 26.0 Å². The van der Waals surface area contributed by atoms with Crippen molar-refractivity contribution in [2.75, 3.05) is 13.1 Å². The molecule has 220 valence electrons. The zero-order valence-electron chi connectivity index (χ0n) is 24.3. The third kappa shape index (κ3) is 5.32. The lowest BCUT2D eigenvalue weighted by atomic mass is 9.52. The summed E-state index contributed by atoms with van der Waals surface area (Å²) in [6, 6.07) is 8.79. The zero-order valence-corrected chi connectivity index (χ0v) is 24.3. The molecule has 2 saturated heterocycles. The van der Waals surface area contributed by atoms with Crippen molar-refractivity contribution in [3.8, 4) is 0 Å². The van der Waals surface area contributed by atoms with Crippen LogP contribution in [0.25, 0.3) is 0 Å². The van der Waals surface area contributed by atoms with Crippen molar-refractivity contribution in [3.05, 3.63) is 60.2 Å². The fraction of sp³-hybridized carbons (Fsp3) is 0.562. The number of rotatable bonds is 4. The van der Waals surface area contributed by atoms with Crippen LogP contribution in [-0.4, -0.2) is 60.5 Å². The molecule has 41 heavy (non-hydrogen) atoms. The van der Waals surface area contributed by atoms with Gasteiger partial charge in [-0.1, -0.05) is 75.4 Å². The number of carbonyl (C=O) groups is 4. The van der Waals surface area contributed by atoms with E-state index in [1.165, 1.54) is 0 Å². The van der Waals surface area contributed by atoms with Gasteiger partial charge in [0.05, 0.1) is 18.2 Å². The molecule has 1 saturated carbocycles. The minimum Gasteiger partial charge on any atom is -0.365 e. The summed E-state index contributed by atoms with van der Waals surface area (Å²) in [6.07, 6.45) is 8.94. The minimum atomic E-state index is -1.45. The van der Waals surface area contributed by atoms with Crippen molar-refractivity contribution in [1.82, 2.24) is 21.3 Å². The highest BCUT2D eigenvalue weighted by molar-refractivity contribution is 6.09. The highest BCUT2D eigenvalue weighted by Crippen LogP contribution is 2.65. The average molecular weight is 563 g/mol. The molecule has 1 aromatic rings. The average Bonchev–Trinajstić information content (AvgIpc) is 3.55. The van der Waals surface area contributed by atoms with E-state index in [1.54, 1.807) is 0 Å². The summed E-state index contributed by atoms with van der Waals surface area (Å²) in [5.74, 6) is -2.41. The van der Waals surface area contributed by atoms with Gasteiger partial charge in [-0.05, 0) is 43.6 Å². The summed E-state index contributed by atoms with van der Waals surface area (Å²) in [5, 5.41) is 11.6. The zero-order chi connectivity index (χ0) is 29.4. The molecule has 1 spiro atoms. The van der Waals surface area contributed by atoms with Crippen molar-refractivity contribution in [2.45, 2.75) is 70.7 Å². The van der Waals surface area contributed by atoms with Crippen LogP contribution in [-0.2, 0) is 30.3 Å².